The van der Waals surface area contributed by atoms with Crippen LogP contribution in [0.3, 0.4) is 0 Å². The Morgan fingerprint density at radius 2 is 1.73 bits per heavy atom. The van der Waals surface area contributed by atoms with Gasteiger partial charge in [-0.1, -0.05) is 42.7 Å². The van der Waals surface area contributed by atoms with Crippen molar-refractivity contribution in [3.05, 3.63) is 34.9 Å². The van der Waals surface area contributed by atoms with Gasteiger partial charge in [-0.25, -0.2) is 0 Å². The summed E-state index contributed by atoms with van der Waals surface area (Å²) in [6.07, 6.45) is 3.58. The summed E-state index contributed by atoms with van der Waals surface area (Å²) in [5.41, 5.74) is 4.15. The third-order valence-electron chi connectivity index (χ3n) is 2.72. The van der Waals surface area contributed by atoms with Crippen LogP contribution >= 0.6 is 11.6 Å². The standard InChI is InChI=1S/C14H21Cl/c1-4-5-13(10-15)9-14-7-11(2)6-12(3)8-14/h6-8,13H,4-5,9-10H2,1-3H3. The number of alkyl halides is 1. The fourth-order valence-electron chi connectivity index (χ4n) is 2.16. The monoisotopic (exact) mass is 224 g/mol. The van der Waals surface area contributed by atoms with Gasteiger partial charge in [-0.15, -0.1) is 11.6 Å². The van der Waals surface area contributed by atoms with Crippen LogP contribution in [0.5, 0.6) is 0 Å². The van der Waals surface area contributed by atoms with Gasteiger partial charge in [-0.05, 0) is 38.2 Å². The van der Waals surface area contributed by atoms with Crippen molar-refractivity contribution in [2.24, 2.45) is 5.92 Å². The summed E-state index contributed by atoms with van der Waals surface area (Å²) < 4.78 is 0. The summed E-state index contributed by atoms with van der Waals surface area (Å²) in [6, 6.07) is 6.78. The Labute approximate surface area is 98.7 Å². The lowest BCUT2D eigenvalue weighted by Crippen LogP contribution is -2.06. The highest BCUT2D eigenvalue weighted by molar-refractivity contribution is 6.18. The first-order valence-corrected chi connectivity index (χ1v) is 6.32. The average Bonchev–Trinajstić information content (AvgIpc) is 2.15. The minimum Gasteiger partial charge on any atom is -0.126 e. The lowest BCUT2D eigenvalue weighted by atomic mass is 9.95. The number of rotatable bonds is 5. The van der Waals surface area contributed by atoms with Crippen LogP contribution in [0, 0.1) is 19.8 Å². The van der Waals surface area contributed by atoms with Gasteiger partial charge in [0.25, 0.3) is 0 Å². The number of hydrogen-bond acceptors (Lipinski definition) is 0. The highest BCUT2D eigenvalue weighted by Gasteiger charge is 2.07. The molecule has 1 rings (SSSR count). The molecule has 0 heterocycles. The lowest BCUT2D eigenvalue weighted by molar-refractivity contribution is 0.528. The van der Waals surface area contributed by atoms with Crippen LogP contribution in [-0.2, 0) is 6.42 Å². The molecule has 0 aliphatic heterocycles. The summed E-state index contributed by atoms with van der Waals surface area (Å²) >= 11 is 5.98. The maximum atomic E-state index is 5.98. The van der Waals surface area contributed by atoms with Crippen LogP contribution in [0.4, 0.5) is 0 Å². The van der Waals surface area contributed by atoms with E-state index in [1.807, 2.05) is 0 Å². The Bertz CT molecular complexity index is 284. The Morgan fingerprint density at radius 3 is 2.20 bits per heavy atom. The van der Waals surface area contributed by atoms with Crippen molar-refractivity contribution in [3.63, 3.8) is 0 Å². The van der Waals surface area contributed by atoms with Gasteiger partial charge in [0.2, 0.25) is 0 Å². The van der Waals surface area contributed by atoms with Crippen LogP contribution < -0.4 is 0 Å². The zero-order valence-electron chi connectivity index (χ0n) is 10.0. The van der Waals surface area contributed by atoms with Crippen molar-refractivity contribution in [3.8, 4) is 0 Å². The second kappa shape index (κ2) is 6.17. The summed E-state index contributed by atoms with van der Waals surface area (Å²) in [6.45, 7) is 6.54. The van der Waals surface area contributed by atoms with Crippen molar-refractivity contribution >= 4 is 11.6 Å². The lowest BCUT2D eigenvalue weighted by Gasteiger charge is -2.13. The first-order valence-electron chi connectivity index (χ1n) is 5.78. The molecule has 0 amide bonds. The topological polar surface area (TPSA) is 0 Å². The average molecular weight is 225 g/mol. The van der Waals surface area contributed by atoms with Crippen LogP contribution in [0.25, 0.3) is 0 Å². The van der Waals surface area contributed by atoms with Crippen LogP contribution in [0.1, 0.15) is 36.5 Å². The predicted molar refractivity (Wildman–Crippen MR) is 68.7 cm³/mol. The molecule has 1 unspecified atom stereocenters. The quantitative estimate of drug-likeness (QED) is 0.646. The molecule has 84 valence electrons. The van der Waals surface area contributed by atoms with Crippen molar-refractivity contribution in [2.45, 2.75) is 40.0 Å². The summed E-state index contributed by atoms with van der Waals surface area (Å²) in [5, 5.41) is 0. The first kappa shape index (κ1) is 12.6. The van der Waals surface area contributed by atoms with Crippen molar-refractivity contribution < 1.29 is 0 Å². The largest absolute Gasteiger partial charge is 0.126 e. The molecule has 0 aliphatic carbocycles. The molecular formula is C14H21Cl. The van der Waals surface area contributed by atoms with E-state index in [4.69, 9.17) is 11.6 Å². The summed E-state index contributed by atoms with van der Waals surface area (Å²) in [5.74, 6) is 1.42. The maximum Gasteiger partial charge on any atom is 0.0254 e. The minimum absolute atomic E-state index is 0.637. The van der Waals surface area contributed by atoms with E-state index in [1.165, 1.54) is 29.5 Å². The molecule has 0 N–H and O–H groups in total. The minimum atomic E-state index is 0.637. The predicted octanol–water partition coefficient (Wildman–Crippen LogP) is 4.50. The Hall–Kier alpha value is -0.490. The molecule has 0 nitrogen and oxygen atoms in total. The zero-order valence-corrected chi connectivity index (χ0v) is 10.8. The van der Waals surface area contributed by atoms with Gasteiger partial charge in [-0.2, -0.15) is 0 Å². The molecule has 1 aromatic carbocycles. The van der Waals surface area contributed by atoms with E-state index in [0.29, 0.717) is 5.92 Å². The second-order valence-electron chi connectivity index (χ2n) is 4.51. The normalized spacial score (nSPS) is 12.8. The molecule has 0 saturated heterocycles. The third kappa shape index (κ3) is 4.25. The van der Waals surface area contributed by atoms with E-state index in [2.05, 4.69) is 39.0 Å². The van der Waals surface area contributed by atoms with E-state index in [0.717, 1.165) is 12.3 Å². The fourth-order valence-corrected chi connectivity index (χ4v) is 2.43. The van der Waals surface area contributed by atoms with Gasteiger partial charge in [0.1, 0.15) is 0 Å². The van der Waals surface area contributed by atoms with Gasteiger partial charge in [0.05, 0.1) is 0 Å². The van der Waals surface area contributed by atoms with Crippen molar-refractivity contribution in [1.82, 2.24) is 0 Å². The molecule has 1 atom stereocenters. The van der Waals surface area contributed by atoms with E-state index in [1.54, 1.807) is 0 Å². The SMILES string of the molecule is CCCC(CCl)Cc1cc(C)cc(C)c1. The highest BCUT2D eigenvalue weighted by Crippen LogP contribution is 2.18. The molecule has 0 fully saturated rings. The third-order valence-corrected chi connectivity index (χ3v) is 3.16. The number of halogens is 1. The number of hydrogen-bond donors (Lipinski definition) is 0. The second-order valence-corrected chi connectivity index (χ2v) is 4.82. The molecule has 0 spiro atoms. The molecule has 1 aromatic rings. The Balaban J connectivity index is 2.69. The summed E-state index contributed by atoms with van der Waals surface area (Å²) in [4.78, 5) is 0. The van der Waals surface area contributed by atoms with Crippen molar-refractivity contribution in [2.75, 3.05) is 5.88 Å². The van der Waals surface area contributed by atoms with Gasteiger partial charge in [0, 0.05) is 5.88 Å². The molecule has 0 radical (unpaired) electrons. The highest BCUT2D eigenvalue weighted by atomic mass is 35.5. The molecule has 15 heavy (non-hydrogen) atoms. The van der Waals surface area contributed by atoms with Gasteiger partial charge < -0.3 is 0 Å². The molecule has 1 heteroatoms. The first-order chi connectivity index (χ1) is 7.15. The van der Waals surface area contributed by atoms with Gasteiger partial charge in [0.15, 0.2) is 0 Å². The van der Waals surface area contributed by atoms with Crippen LogP contribution in [0.15, 0.2) is 18.2 Å². The Kier molecular flexibility index (Phi) is 5.17. The van der Waals surface area contributed by atoms with E-state index < -0.39 is 0 Å². The summed E-state index contributed by atoms with van der Waals surface area (Å²) in [7, 11) is 0. The van der Waals surface area contributed by atoms with Crippen LogP contribution in [-0.4, -0.2) is 5.88 Å². The fraction of sp³-hybridized carbons (Fsp3) is 0.571. The van der Waals surface area contributed by atoms with Crippen LogP contribution in [0.2, 0.25) is 0 Å². The van der Waals surface area contributed by atoms with Gasteiger partial charge in [-0.3, -0.25) is 0 Å². The number of aryl methyl sites for hydroxylation is 2. The van der Waals surface area contributed by atoms with Gasteiger partial charge >= 0.3 is 0 Å². The zero-order chi connectivity index (χ0) is 11.3. The van der Waals surface area contributed by atoms with E-state index in [-0.39, 0.29) is 0 Å². The molecule has 0 saturated carbocycles. The smallest absolute Gasteiger partial charge is 0.0254 e. The number of benzene rings is 1. The van der Waals surface area contributed by atoms with Crippen molar-refractivity contribution in [1.29, 1.82) is 0 Å². The van der Waals surface area contributed by atoms with E-state index >= 15 is 0 Å². The molecule has 0 aliphatic rings. The molecule has 0 aromatic heterocycles. The Morgan fingerprint density at radius 1 is 1.13 bits per heavy atom. The maximum absolute atomic E-state index is 5.98. The molecular weight excluding hydrogens is 204 g/mol. The van der Waals surface area contributed by atoms with E-state index in [9.17, 15) is 0 Å². The molecule has 0 bridgehead atoms.